The highest BCUT2D eigenvalue weighted by molar-refractivity contribution is 6.67. The summed E-state index contributed by atoms with van der Waals surface area (Å²) in [6, 6.07) is 12.7. The van der Waals surface area contributed by atoms with Crippen LogP contribution in [0.1, 0.15) is 68.4 Å². The Morgan fingerprint density at radius 1 is 0.844 bits per heavy atom. The predicted octanol–water partition coefficient (Wildman–Crippen LogP) is 7.23. The lowest BCUT2D eigenvalue weighted by molar-refractivity contribution is 0.101. The van der Waals surface area contributed by atoms with Crippen LogP contribution >= 0.6 is 11.6 Å². The highest BCUT2D eigenvalue weighted by atomic mass is 35.5. The minimum absolute atomic E-state index is 0.213. The predicted molar refractivity (Wildman–Crippen MR) is 160 cm³/mol. The Bertz CT molecular complexity index is 1900. The molecule has 3 aromatic carbocycles. The fraction of sp³-hybridized carbons (Fsp3) is 0.156. The molecule has 45 heavy (non-hydrogen) atoms. The van der Waals surface area contributed by atoms with E-state index in [0.717, 1.165) is 56.0 Å². The van der Waals surface area contributed by atoms with Crippen molar-refractivity contribution in [3.63, 3.8) is 0 Å². The van der Waals surface area contributed by atoms with Crippen LogP contribution in [0.2, 0.25) is 0 Å². The average Bonchev–Trinajstić information content (AvgIpc) is 3.66. The normalized spacial score (nSPS) is 12.9. The summed E-state index contributed by atoms with van der Waals surface area (Å²) in [4.78, 5) is 44.8. The number of hydrogen-bond donors (Lipinski definition) is 2. The molecule has 1 fully saturated rings. The van der Waals surface area contributed by atoms with Crippen molar-refractivity contribution < 1.29 is 31.9 Å². The van der Waals surface area contributed by atoms with Crippen molar-refractivity contribution in [2.24, 2.45) is 0 Å². The van der Waals surface area contributed by atoms with Crippen LogP contribution in [0.4, 0.5) is 29.1 Å². The van der Waals surface area contributed by atoms with Gasteiger partial charge in [0, 0.05) is 23.5 Å². The van der Waals surface area contributed by atoms with Crippen LogP contribution < -0.4 is 11.1 Å². The molecule has 0 aliphatic heterocycles. The molecule has 0 spiro atoms. The lowest BCUT2D eigenvalue weighted by atomic mass is 10.0. The fourth-order valence-corrected chi connectivity index (χ4v) is 5.41. The van der Waals surface area contributed by atoms with E-state index in [0.29, 0.717) is 16.6 Å². The number of carbonyl (C=O) groups is 3. The molecule has 6 rings (SSSR count). The van der Waals surface area contributed by atoms with E-state index in [1.807, 2.05) is 4.57 Å². The van der Waals surface area contributed by atoms with E-state index in [4.69, 9.17) is 17.3 Å². The number of amides is 1. The lowest BCUT2D eigenvalue weighted by Gasteiger charge is -2.12. The molecular weight excluding hydrogens is 614 g/mol. The van der Waals surface area contributed by atoms with Crippen molar-refractivity contribution in [2.75, 3.05) is 11.1 Å². The fourth-order valence-electron chi connectivity index (χ4n) is 5.23. The van der Waals surface area contributed by atoms with E-state index >= 15 is 0 Å². The Labute approximate surface area is 258 Å². The monoisotopic (exact) mass is 637 g/mol. The molecule has 0 bridgehead atoms. The van der Waals surface area contributed by atoms with Crippen LogP contribution in [-0.2, 0) is 0 Å². The van der Waals surface area contributed by atoms with Gasteiger partial charge in [-0.2, -0.15) is 0 Å². The SMILES string of the molecule is Nc1ncnc2c1c(C(=O)c1cccc(NC(=O)c3c(F)cccc3F)c1)cn2C1CCCC1.O=C(Cl)c1c(F)cccc1F. The van der Waals surface area contributed by atoms with E-state index in [-0.39, 0.29) is 28.9 Å². The van der Waals surface area contributed by atoms with Gasteiger partial charge in [0.15, 0.2) is 5.78 Å². The van der Waals surface area contributed by atoms with Crippen LogP contribution in [0, 0.1) is 23.3 Å². The van der Waals surface area contributed by atoms with Gasteiger partial charge >= 0.3 is 0 Å². The molecule has 0 saturated heterocycles. The number of aromatic nitrogens is 3. The summed E-state index contributed by atoms with van der Waals surface area (Å²) in [5.41, 5.74) is 6.22. The molecule has 3 N–H and O–H groups in total. The minimum Gasteiger partial charge on any atom is -0.383 e. The lowest BCUT2D eigenvalue weighted by Crippen LogP contribution is -2.16. The Balaban J connectivity index is 0.000000309. The maximum Gasteiger partial charge on any atom is 0.261 e. The Hall–Kier alpha value is -5.10. The van der Waals surface area contributed by atoms with Crippen molar-refractivity contribution in [1.82, 2.24) is 14.5 Å². The third-order valence-electron chi connectivity index (χ3n) is 7.33. The first-order valence-electron chi connectivity index (χ1n) is 13.7. The van der Waals surface area contributed by atoms with Crippen LogP contribution in [0.25, 0.3) is 11.0 Å². The van der Waals surface area contributed by atoms with E-state index in [9.17, 15) is 31.9 Å². The molecule has 1 aliphatic carbocycles. The molecule has 230 valence electrons. The quantitative estimate of drug-likeness (QED) is 0.115. The Morgan fingerprint density at radius 3 is 2.00 bits per heavy atom. The maximum absolute atomic E-state index is 14.0. The van der Waals surface area contributed by atoms with E-state index < -0.39 is 45.5 Å². The zero-order chi connectivity index (χ0) is 32.2. The number of benzene rings is 3. The van der Waals surface area contributed by atoms with Gasteiger partial charge in [0.1, 0.15) is 52.2 Å². The van der Waals surface area contributed by atoms with Crippen LogP contribution in [-0.4, -0.2) is 31.5 Å². The largest absolute Gasteiger partial charge is 0.383 e. The topological polar surface area (TPSA) is 120 Å². The molecule has 0 unspecified atom stereocenters. The van der Waals surface area contributed by atoms with Gasteiger partial charge in [0.2, 0.25) is 0 Å². The summed E-state index contributed by atoms with van der Waals surface area (Å²) in [7, 11) is 0. The first-order chi connectivity index (χ1) is 21.6. The number of nitrogens with one attached hydrogen (secondary N) is 1. The average molecular weight is 638 g/mol. The summed E-state index contributed by atoms with van der Waals surface area (Å²) < 4.78 is 55.0. The second kappa shape index (κ2) is 13.3. The second-order valence-corrected chi connectivity index (χ2v) is 10.5. The van der Waals surface area contributed by atoms with E-state index in [1.165, 1.54) is 24.5 Å². The van der Waals surface area contributed by atoms with Crippen LogP contribution in [0.15, 0.2) is 73.2 Å². The zero-order valence-electron chi connectivity index (χ0n) is 23.4. The van der Waals surface area contributed by atoms with Crippen LogP contribution in [0.3, 0.4) is 0 Å². The molecular formula is C32H24ClF4N5O3. The number of carbonyl (C=O) groups excluding carboxylic acids is 3. The summed E-state index contributed by atoms with van der Waals surface area (Å²) in [5, 5.41) is 1.82. The number of halogens is 5. The smallest absolute Gasteiger partial charge is 0.261 e. The number of anilines is 2. The molecule has 2 aromatic heterocycles. The molecule has 1 aliphatic rings. The van der Waals surface area contributed by atoms with Gasteiger partial charge < -0.3 is 15.6 Å². The van der Waals surface area contributed by atoms with Gasteiger partial charge in [0.25, 0.3) is 11.1 Å². The van der Waals surface area contributed by atoms with Crippen molar-refractivity contribution in [3.05, 3.63) is 119 Å². The van der Waals surface area contributed by atoms with Crippen molar-refractivity contribution in [1.29, 1.82) is 0 Å². The summed E-state index contributed by atoms with van der Waals surface area (Å²) in [6.45, 7) is 0. The number of nitrogen functional groups attached to an aromatic ring is 1. The molecule has 0 radical (unpaired) electrons. The van der Waals surface area contributed by atoms with Gasteiger partial charge in [-0.05, 0) is 60.8 Å². The molecule has 13 heteroatoms. The zero-order valence-corrected chi connectivity index (χ0v) is 24.1. The minimum atomic E-state index is -1.12. The molecule has 2 heterocycles. The third kappa shape index (κ3) is 6.55. The Kier molecular flexibility index (Phi) is 9.24. The third-order valence-corrected chi connectivity index (χ3v) is 7.52. The summed E-state index contributed by atoms with van der Waals surface area (Å²) in [5.74, 6) is -4.88. The summed E-state index contributed by atoms with van der Waals surface area (Å²) in [6.07, 6.45) is 7.37. The van der Waals surface area contributed by atoms with Gasteiger partial charge in [-0.3, -0.25) is 14.4 Å². The highest BCUT2D eigenvalue weighted by Gasteiger charge is 2.26. The van der Waals surface area contributed by atoms with Gasteiger partial charge in [-0.15, -0.1) is 0 Å². The molecule has 1 saturated carbocycles. The van der Waals surface area contributed by atoms with Gasteiger partial charge in [-0.1, -0.05) is 37.1 Å². The highest BCUT2D eigenvalue weighted by Crippen LogP contribution is 2.35. The standard InChI is InChI=1S/C25H21F2N5O2.C7H3ClF2O/c26-18-9-4-10-19(27)21(18)25(34)31-15-6-3-5-14(11-15)22(33)17-12-32(16-7-1-2-8-16)24-20(17)23(28)29-13-30-24;8-7(11)6-4(9)2-1-3-5(6)10/h3-6,9-13,16H,1-2,7-8H2,(H,31,34)(H2,28,29,30);1-3H. The van der Waals surface area contributed by atoms with Gasteiger partial charge in [0.05, 0.1) is 10.9 Å². The number of ketones is 1. The van der Waals surface area contributed by atoms with Crippen molar-refractivity contribution in [3.8, 4) is 0 Å². The number of hydrogen-bond acceptors (Lipinski definition) is 6. The van der Waals surface area contributed by atoms with Crippen molar-refractivity contribution in [2.45, 2.75) is 31.7 Å². The number of nitrogens with zero attached hydrogens (tertiary/aromatic N) is 3. The number of fused-ring (bicyclic) bond motifs is 1. The first-order valence-corrected chi connectivity index (χ1v) is 14.1. The van der Waals surface area contributed by atoms with Gasteiger partial charge in [-0.25, -0.2) is 27.5 Å². The molecule has 0 atom stereocenters. The Morgan fingerprint density at radius 2 is 1.42 bits per heavy atom. The number of rotatable bonds is 6. The molecule has 5 aromatic rings. The van der Waals surface area contributed by atoms with E-state index in [2.05, 4.69) is 15.3 Å². The van der Waals surface area contributed by atoms with E-state index in [1.54, 1.807) is 18.3 Å². The van der Waals surface area contributed by atoms with Crippen LogP contribution in [0.5, 0.6) is 0 Å². The summed E-state index contributed by atoms with van der Waals surface area (Å²) >= 11 is 4.89. The molecule has 8 nitrogen and oxygen atoms in total. The number of nitrogens with two attached hydrogens (primary N) is 1. The second-order valence-electron chi connectivity index (χ2n) is 10.2. The van der Waals surface area contributed by atoms with Crippen molar-refractivity contribution >= 4 is 51.1 Å². The first kappa shape index (κ1) is 31.3. The molecule has 1 amide bonds. The maximum atomic E-state index is 14.0.